The molecule has 1 N–H and O–H groups in total. The molecular formula is C17H35NO. The minimum atomic E-state index is -0.112. The summed E-state index contributed by atoms with van der Waals surface area (Å²) in [5.41, 5.74) is 0. The number of nitrogens with zero attached hydrogens (tertiary/aromatic N) is 1. The van der Waals surface area contributed by atoms with Gasteiger partial charge in [0.1, 0.15) is 0 Å². The third kappa shape index (κ3) is 5.07. The summed E-state index contributed by atoms with van der Waals surface area (Å²) < 4.78 is 0. The zero-order chi connectivity index (χ0) is 14.4. The van der Waals surface area contributed by atoms with Crippen LogP contribution in [0.2, 0.25) is 0 Å². The summed E-state index contributed by atoms with van der Waals surface area (Å²) in [7, 11) is 0. The van der Waals surface area contributed by atoms with Crippen LogP contribution in [0.15, 0.2) is 0 Å². The number of rotatable bonds is 7. The molecule has 0 aromatic rings. The van der Waals surface area contributed by atoms with Crippen molar-refractivity contribution in [3.05, 3.63) is 0 Å². The fourth-order valence-electron chi connectivity index (χ4n) is 3.48. The van der Waals surface area contributed by atoms with Crippen molar-refractivity contribution in [3.63, 3.8) is 0 Å². The highest BCUT2D eigenvalue weighted by atomic mass is 16.3. The first kappa shape index (κ1) is 17.0. The Bertz CT molecular complexity index is 239. The van der Waals surface area contributed by atoms with E-state index in [9.17, 15) is 5.11 Å². The maximum absolute atomic E-state index is 10.4. The topological polar surface area (TPSA) is 23.5 Å². The van der Waals surface area contributed by atoms with Crippen molar-refractivity contribution in [1.29, 1.82) is 0 Å². The molecule has 1 aliphatic carbocycles. The van der Waals surface area contributed by atoms with E-state index in [4.69, 9.17) is 0 Å². The van der Waals surface area contributed by atoms with Gasteiger partial charge in [0, 0.05) is 12.1 Å². The Morgan fingerprint density at radius 3 is 2.32 bits per heavy atom. The third-order valence-electron chi connectivity index (χ3n) is 4.87. The van der Waals surface area contributed by atoms with E-state index in [1.807, 2.05) is 0 Å². The van der Waals surface area contributed by atoms with Crippen LogP contribution < -0.4 is 0 Å². The molecule has 0 aromatic carbocycles. The number of hydrogen-bond acceptors (Lipinski definition) is 2. The SMILES string of the molecule is CCCCCN(C(C)C)C1CC(C(C)C)CCC1O. The Morgan fingerprint density at radius 1 is 1.11 bits per heavy atom. The Hall–Kier alpha value is -0.0800. The first-order valence-corrected chi connectivity index (χ1v) is 8.41. The molecule has 2 nitrogen and oxygen atoms in total. The minimum Gasteiger partial charge on any atom is -0.391 e. The van der Waals surface area contributed by atoms with Gasteiger partial charge in [-0.2, -0.15) is 0 Å². The molecule has 1 saturated carbocycles. The fourth-order valence-corrected chi connectivity index (χ4v) is 3.48. The second-order valence-electron chi connectivity index (χ2n) is 6.99. The van der Waals surface area contributed by atoms with Gasteiger partial charge >= 0.3 is 0 Å². The van der Waals surface area contributed by atoms with Crippen LogP contribution in [0, 0.1) is 11.8 Å². The van der Waals surface area contributed by atoms with E-state index >= 15 is 0 Å². The monoisotopic (exact) mass is 269 g/mol. The largest absolute Gasteiger partial charge is 0.391 e. The van der Waals surface area contributed by atoms with E-state index in [0.717, 1.165) is 24.8 Å². The van der Waals surface area contributed by atoms with Gasteiger partial charge in [-0.1, -0.05) is 33.6 Å². The van der Waals surface area contributed by atoms with Gasteiger partial charge in [0.2, 0.25) is 0 Å². The van der Waals surface area contributed by atoms with E-state index in [2.05, 4.69) is 39.5 Å². The van der Waals surface area contributed by atoms with Crippen molar-refractivity contribution in [1.82, 2.24) is 4.90 Å². The van der Waals surface area contributed by atoms with E-state index in [1.165, 1.54) is 32.1 Å². The van der Waals surface area contributed by atoms with Crippen LogP contribution in [-0.2, 0) is 0 Å². The van der Waals surface area contributed by atoms with Crippen molar-refractivity contribution < 1.29 is 5.11 Å². The lowest BCUT2D eigenvalue weighted by Gasteiger charge is -2.43. The van der Waals surface area contributed by atoms with E-state index in [-0.39, 0.29) is 6.10 Å². The van der Waals surface area contributed by atoms with Crippen LogP contribution in [0.3, 0.4) is 0 Å². The molecule has 3 atom stereocenters. The summed E-state index contributed by atoms with van der Waals surface area (Å²) in [5, 5.41) is 10.4. The molecule has 1 rings (SSSR count). The van der Waals surface area contributed by atoms with Gasteiger partial charge in [-0.05, 0) is 57.9 Å². The normalized spacial score (nSPS) is 28.6. The maximum atomic E-state index is 10.4. The summed E-state index contributed by atoms with van der Waals surface area (Å²) in [4.78, 5) is 2.56. The van der Waals surface area contributed by atoms with Crippen LogP contribution in [-0.4, -0.2) is 34.7 Å². The summed E-state index contributed by atoms with van der Waals surface area (Å²) in [6.45, 7) is 12.6. The second-order valence-corrected chi connectivity index (χ2v) is 6.99. The molecule has 3 unspecified atom stereocenters. The highest BCUT2D eigenvalue weighted by molar-refractivity contribution is 4.89. The highest BCUT2D eigenvalue weighted by Gasteiger charge is 2.35. The van der Waals surface area contributed by atoms with Gasteiger partial charge < -0.3 is 5.11 Å². The molecule has 2 heteroatoms. The standard InChI is InChI=1S/C17H35NO/c1-6-7-8-11-18(14(4)5)16-12-15(13(2)3)9-10-17(16)19/h13-17,19H,6-12H2,1-5H3. The molecule has 1 aliphatic rings. The molecule has 0 radical (unpaired) electrons. The number of aliphatic hydroxyl groups is 1. The lowest BCUT2D eigenvalue weighted by Crippen LogP contribution is -2.51. The van der Waals surface area contributed by atoms with Gasteiger partial charge in [0.25, 0.3) is 0 Å². The molecule has 0 aliphatic heterocycles. The number of hydrogen-bond donors (Lipinski definition) is 1. The van der Waals surface area contributed by atoms with Crippen LogP contribution in [0.5, 0.6) is 0 Å². The van der Waals surface area contributed by atoms with Gasteiger partial charge in [-0.3, -0.25) is 4.90 Å². The van der Waals surface area contributed by atoms with Gasteiger partial charge in [0.15, 0.2) is 0 Å². The van der Waals surface area contributed by atoms with E-state index < -0.39 is 0 Å². The van der Waals surface area contributed by atoms with Crippen LogP contribution >= 0.6 is 0 Å². The van der Waals surface area contributed by atoms with Gasteiger partial charge in [-0.15, -0.1) is 0 Å². The van der Waals surface area contributed by atoms with Crippen LogP contribution in [0.1, 0.15) is 73.1 Å². The second kappa shape index (κ2) is 8.26. The number of aliphatic hydroxyl groups excluding tert-OH is 1. The molecule has 0 heterocycles. The molecule has 0 amide bonds. The summed E-state index contributed by atoms with van der Waals surface area (Å²) in [6.07, 6.45) is 7.11. The smallest absolute Gasteiger partial charge is 0.0695 e. The van der Waals surface area contributed by atoms with Crippen molar-refractivity contribution in [2.75, 3.05) is 6.54 Å². The summed E-state index contributed by atoms with van der Waals surface area (Å²) in [6, 6.07) is 0.931. The Labute approximate surface area is 120 Å². The Balaban J connectivity index is 2.63. The van der Waals surface area contributed by atoms with Crippen molar-refractivity contribution in [2.24, 2.45) is 11.8 Å². The summed E-state index contributed by atoms with van der Waals surface area (Å²) >= 11 is 0. The molecule has 19 heavy (non-hydrogen) atoms. The average Bonchev–Trinajstić information content (AvgIpc) is 2.35. The number of unbranched alkanes of at least 4 members (excludes halogenated alkanes) is 2. The third-order valence-corrected chi connectivity index (χ3v) is 4.87. The molecule has 0 bridgehead atoms. The van der Waals surface area contributed by atoms with Gasteiger partial charge in [-0.25, -0.2) is 0 Å². The molecular weight excluding hydrogens is 234 g/mol. The molecule has 114 valence electrons. The lowest BCUT2D eigenvalue weighted by molar-refractivity contribution is -0.0179. The Morgan fingerprint density at radius 2 is 1.79 bits per heavy atom. The summed E-state index contributed by atoms with van der Waals surface area (Å²) in [5.74, 6) is 1.54. The van der Waals surface area contributed by atoms with Crippen molar-refractivity contribution in [2.45, 2.75) is 91.3 Å². The van der Waals surface area contributed by atoms with Gasteiger partial charge in [0.05, 0.1) is 6.10 Å². The first-order valence-electron chi connectivity index (χ1n) is 8.41. The lowest BCUT2D eigenvalue weighted by atomic mass is 9.77. The molecule has 0 spiro atoms. The van der Waals surface area contributed by atoms with Crippen LogP contribution in [0.25, 0.3) is 0 Å². The maximum Gasteiger partial charge on any atom is 0.0695 e. The highest BCUT2D eigenvalue weighted by Crippen LogP contribution is 2.33. The quantitative estimate of drug-likeness (QED) is 0.704. The predicted molar refractivity (Wildman–Crippen MR) is 83.3 cm³/mol. The Kier molecular flexibility index (Phi) is 7.38. The predicted octanol–water partition coefficient (Wildman–Crippen LogP) is 4.07. The average molecular weight is 269 g/mol. The zero-order valence-corrected chi connectivity index (χ0v) is 13.7. The van der Waals surface area contributed by atoms with E-state index in [1.54, 1.807) is 0 Å². The molecule has 0 saturated heterocycles. The van der Waals surface area contributed by atoms with E-state index in [0.29, 0.717) is 12.1 Å². The van der Waals surface area contributed by atoms with Crippen LogP contribution in [0.4, 0.5) is 0 Å². The first-order chi connectivity index (χ1) is 8.97. The molecule has 1 fully saturated rings. The fraction of sp³-hybridized carbons (Fsp3) is 1.00. The van der Waals surface area contributed by atoms with Crippen molar-refractivity contribution >= 4 is 0 Å². The minimum absolute atomic E-state index is 0.112. The zero-order valence-electron chi connectivity index (χ0n) is 13.7. The van der Waals surface area contributed by atoms with Crippen molar-refractivity contribution in [3.8, 4) is 0 Å². The molecule has 0 aromatic heterocycles.